The van der Waals surface area contributed by atoms with Crippen LogP contribution in [0.4, 0.5) is 0 Å². The molecule has 2 aromatic carbocycles. The molecule has 178 valence electrons. The number of hydrogen-bond donors (Lipinski definition) is 1. The van der Waals surface area contributed by atoms with E-state index in [1.807, 2.05) is 73.7 Å². The van der Waals surface area contributed by atoms with Crippen LogP contribution in [-0.4, -0.2) is 39.1 Å². The Morgan fingerprint density at radius 1 is 1.11 bits per heavy atom. The summed E-state index contributed by atoms with van der Waals surface area (Å²) in [6.45, 7) is 5.72. The highest BCUT2D eigenvalue weighted by molar-refractivity contribution is 6.17. The van der Waals surface area contributed by atoms with E-state index in [4.69, 9.17) is 9.84 Å². The fourth-order valence-electron chi connectivity index (χ4n) is 4.14. The number of benzene rings is 2. The number of carboxylic acid groups (broad SMARTS) is 1. The Morgan fingerprint density at radius 3 is 2.69 bits per heavy atom. The van der Waals surface area contributed by atoms with Gasteiger partial charge in [-0.05, 0) is 61.7 Å². The normalized spacial score (nSPS) is 12.3. The van der Waals surface area contributed by atoms with Crippen LogP contribution < -0.4 is 0 Å². The number of hydrogen-bond acceptors (Lipinski definition) is 4. The van der Waals surface area contributed by atoms with E-state index in [1.165, 1.54) is 6.92 Å². The van der Waals surface area contributed by atoms with Gasteiger partial charge in [-0.2, -0.15) is 0 Å². The summed E-state index contributed by atoms with van der Waals surface area (Å²) in [5.41, 5.74) is 6.58. The minimum absolute atomic E-state index is 0.0407. The summed E-state index contributed by atoms with van der Waals surface area (Å²) in [5.74, 6) is -1.03. The van der Waals surface area contributed by atoms with Crippen molar-refractivity contribution in [3.8, 4) is 5.69 Å². The summed E-state index contributed by atoms with van der Waals surface area (Å²) in [6.07, 6.45) is 5.39. The summed E-state index contributed by atoms with van der Waals surface area (Å²) in [4.78, 5) is 29.1. The molecule has 6 nitrogen and oxygen atoms in total. The van der Waals surface area contributed by atoms with E-state index in [1.54, 1.807) is 12.3 Å². The number of aryl methyl sites for hydroxylation is 1. The molecule has 2 aromatic heterocycles. The number of carbonyl (C=O) groups is 2. The molecule has 0 bridgehead atoms. The van der Waals surface area contributed by atoms with Crippen molar-refractivity contribution < 1.29 is 19.4 Å². The Morgan fingerprint density at radius 2 is 1.91 bits per heavy atom. The Bertz CT molecular complexity index is 1420. The number of carbonyl (C=O) groups excluding carboxylic acids is 1. The molecular weight excluding hydrogens is 440 g/mol. The molecule has 1 N–H and O–H groups in total. The highest BCUT2D eigenvalue weighted by atomic mass is 16.5. The summed E-state index contributed by atoms with van der Waals surface area (Å²) >= 11 is 0. The zero-order chi connectivity index (χ0) is 24.9. The molecule has 0 saturated carbocycles. The van der Waals surface area contributed by atoms with Crippen LogP contribution in [0.5, 0.6) is 0 Å². The van der Waals surface area contributed by atoms with Crippen LogP contribution in [0.3, 0.4) is 0 Å². The van der Waals surface area contributed by atoms with Gasteiger partial charge in [-0.3, -0.25) is 9.78 Å². The summed E-state index contributed by atoms with van der Waals surface area (Å²) in [5, 5.41) is 8.93. The molecule has 6 heteroatoms. The van der Waals surface area contributed by atoms with E-state index >= 15 is 0 Å². The number of nitrogens with zero attached hydrogens (tertiary/aromatic N) is 2. The minimum atomic E-state index is -0.990. The average molecular weight is 469 g/mol. The number of ketones is 1. The first-order chi connectivity index (χ1) is 16.9. The lowest BCUT2D eigenvalue weighted by Gasteiger charge is -2.10. The van der Waals surface area contributed by atoms with Gasteiger partial charge >= 0.3 is 5.97 Å². The second kappa shape index (κ2) is 10.5. The standard InChI is InChI=1S/C29H28N2O4/c1-4-21-9-5-12-23(17-21)28(32)26-19(2)31(25-14-7-15-30-27(25)26)24-13-6-10-22(18-24)11-8-16-35-20(3)29(33)34/h5-15,17-18,20H,4,16H2,1-3H3,(H,33,34)/t20-/m0/s1. The van der Waals surface area contributed by atoms with Gasteiger partial charge in [-0.25, -0.2) is 4.79 Å². The maximum Gasteiger partial charge on any atom is 0.332 e. The maximum atomic E-state index is 13.6. The van der Waals surface area contributed by atoms with Crippen molar-refractivity contribution in [2.75, 3.05) is 6.61 Å². The van der Waals surface area contributed by atoms with Gasteiger partial charge in [0.2, 0.25) is 0 Å². The fourth-order valence-corrected chi connectivity index (χ4v) is 4.14. The molecule has 0 aliphatic rings. The van der Waals surface area contributed by atoms with Crippen LogP contribution in [0.15, 0.2) is 72.9 Å². The summed E-state index contributed by atoms with van der Waals surface area (Å²) in [7, 11) is 0. The van der Waals surface area contributed by atoms with Gasteiger partial charge in [0.25, 0.3) is 0 Å². The molecule has 35 heavy (non-hydrogen) atoms. The number of aliphatic carboxylic acids is 1. The number of aromatic nitrogens is 2. The lowest BCUT2D eigenvalue weighted by atomic mass is 10.00. The highest BCUT2D eigenvalue weighted by Gasteiger charge is 2.23. The largest absolute Gasteiger partial charge is 0.479 e. The Hall–Kier alpha value is -4.03. The number of pyridine rings is 1. The van der Waals surface area contributed by atoms with Crippen molar-refractivity contribution in [3.63, 3.8) is 0 Å². The molecule has 4 aromatic rings. The van der Waals surface area contributed by atoms with E-state index in [0.29, 0.717) is 16.6 Å². The molecule has 0 aliphatic carbocycles. The van der Waals surface area contributed by atoms with Crippen molar-refractivity contribution in [3.05, 3.63) is 101 Å². The molecule has 2 heterocycles. The Kier molecular flexibility index (Phi) is 7.22. The highest BCUT2D eigenvalue weighted by Crippen LogP contribution is 2.30. The Labute approximate surface area is 204 Å². The second-order valence-electron chi connectivity index (χ2n) is 8.36. The van der Waals surface area contributed by atoms with Crippen molar-refractivity contribution in [2.24, 2.45) is 0 Å². The monoisotopic (exact) mass is 468 g/mol. The van der Waals surface area contributed by atoms with Crippen LogP contribution in [-0.2, 0) is 16.0 Å². The molecule has 0 aliphatic heterocycles. The maximum absolute atomic E-state index is 13.6. The predicted octanol–water partition coefficient (Wildman–Crippen LogP) is 5.63. The first-order valence-corrected chi connectivity index (χ1v) is 11.6. The van der Waals surface area contributed by atoms with Gasteiger partial charge in [0.15, 0.2) is 11.9 Å². The van der Waals surface area contributed by atoms with Crippen LogP contribution in [0.1, 0.15) is 46.6 Å². The number of carboxylic acids is 1. The Balaban J connectivity index is 1.72. The van der Waals surface area contributed by atoms with E-state index < -0.39 is 12.1 Å². The van der Waals surface area contributed by atoms with Gasteiger partial charge in [-0.15, -0.1) is 0 Å². The van der Waals surface area contributed by atoms with E-state index in [-0.39, 0.29) is 12.4 Å². The third-order valence-corrected chi connectivity index (χ3v) is 6.01. The lowest BCUT2D eigenvalue weighted by Crippen LogP contribution is -2.19. The van der Waals surface area contributed by atoms with Crippen molar-refractivity contribution in [2.45, 2.75) is 33.3 Å². The minimum Gasteiger partial charge on any atom is -0.479 e. The van der Waals surface area contributed by atoms with Gasteiger partial charge < -0.3 is 14.4 Å². The molecule has 0 saturated heterocycles. The second-order valence-corrected chi connectivity index (χ2v) is 8.36. The first-order valence-electron chi connectivity index (χ1n) is 11.6. The molecule has 0 unspecified atom stereocenters. The van der Waals surface area contributed by atoms with Gasteiger partial charge in [0.1, 0.15) is 0 Å². The average Bonchev–Trinajstić information content (AvgIpc) is 3.17. The number of fused-ring (bicyclic) bond motifs is 1. The van der Waals surface area contributed by atoms with Gasteiger partial charge in [0.05, 0.1) is 23.2 Å². The fraction of sp³-hybridized carbons (Fsp3) is 0.207. The summed E-state index contributed by atoms with van der Waals surface area (Å²) in [6, 6.07) is 19.5. The molecular formula is C29H28N2O4. The lowest BCUT2D eigenvalue weighted by molar-refractivity contribution is -0.148. The van der Waals surface area contributed by atoms with Crippen LogP contribution in [0, 0.1) is 6.92 Å². The third kappa shape index (κ3) is 5.08. The van der Waals surface area contributed by atoms with E-state index in [2.05, 4.69) is 16.5 Å². The van der Waals surface area contributed by atoms with Crippen molar-refractivity contribution >= 4 is 28.9 Å². The zero-order valence-corrected chi connectivity index (χ0v) is 20.1. The van der Waals surface area contributed by atoms with E-state index in [0.717, 1.165) is 34.4 Å². The van der Waals surface area contributed by atoms with Gasteiger partial charge in [0, 0.05) is 23.1 Å². The van der Waals surface area contributed by atoms with E-state index in [9.17, 15) is 9.59 Å². The molecule has 0 radical (unpaired) electrons. The molecule has 0 amide bonds. The smallest absolute Gasteiger partial charge is 0.332 e. The molecule has 0 spiro atoms. The topological polar surface area (TPSA) is 81.4 Å². The summed E-state index contributed by atoms with van der Waals surface area (Å²) < 4.78 is 7.32. The van der Waals surface area contributed by atoms with Crippen LogP contribution in [0.25, 0.3) is 22.8 Å². The number of rotatable bonds is 9. The quantitative estimate of drug-likeness (QED) is 0.322. The van der Waals surface area contributed by atoms with Crippen LogP contribution in [0.2, 0.25) is 0 Å². The predicted molar refractivity (Wildman–Crippen MR) is 137 cm³/mol. The zero-order valence-electron chi connectivity index (χ0n) is 20.1. The molecule has 1 atom stereocenters. The SMILES string of the molecule is CCc1cccc(C(=O)c2c(C)n(-c3cccc(C=CCO[C@@H](C)C(=O)O)c3)c3cccnc23)c1. The first kappa shape index (κ1) is 24.1. The van der Waals surface area contributed by atoms with Crippen LogP contribution >= 0.6 is 0 Å². The molecule has 4 rings (SSSR count). The van der Waals surface area contributed by atoms with Crippen molar-refractivity contribution in [1.82, 2.24) is 9.55 Å². The third-order valence-electron chi connectivity index (χ3n) is 6.01. The van der Waals surface area contributed by atoms with Crippen molar-refractivity contribution in [1.29, 1.82) is 0 Å². The van der Waals surface area contributed by atoms with Gasteiger partial charge in [-0.1, -0.05) is 49.4 Å². The molecule has 0 fully saturated rings. The number of ether oxygens (including phenoxy) is 1.